The van der Waals surface area contributed by atoms with Crippen LogP contribution in [0.4, 0.5) is 0 Å². The number of rotatable bonds is 44. The second-order valence-corrected chi connectivity index (χ2v) is 22.2. The van der Waals surface area contributed by atoms with Crippen LogP contribution in [0, 0.1) is 11.8 Å². The van der Waals surface area contributed by atoms with Crippen LogP contribution >= 0.6 is 0 Å². The highest BCUT2D eigenvalue weighted by Gasteiger charge is 2.32. The average Bonchev–Trinajstić information content (AvgIpc) is 3.69. The summed E-state index contributed by atoms with van der Waals surface area (Å²) in [6, 6.07) is 1.31. The molecule has 21 nitrogen and oxygen atoms in total. The first-order chi connectivity index (χ1) is 37.2. The lowest BCUT2D eigenvalue weighted by Gasteiger charge is -2.30. The standard InChI is InChI=1S/C57H99N5O16/c1-56(2,3)76-52(68)24-22-20-18-16-14-12-10-8-7-9-11-13-15-17-19-21-23-47(63)60-41-44-25-27-45(28-26-44)54(70)61-46(55(71)77-57(4,5)6)29-30-48(64)58-33-35-72-37-39-74-42-49(65)59-34-36-73-38-40-75-43-53(69)78-62-50(66)31-32-51(62)67/h31-32,44-46,66-67H,7-30,33-43H2,1-6H3,(H,58,64)(H,59,65)(H,60,63)(H,61,70)/t44?,45?,46-/m0/s1. The Labute approximate surface area is 464 Å². The van der Waals surface area contributed by atoms with Gasteiger partial charge in [-0.05, 0) is 92.4 Å². The largest absolute Gasteiger partial charge is 0.492 e. The minimum absolute atomic E-state index is 0.0235. The molecule has 78 heavy (non-hydrogen) atoms. The Morgan fingerprint density at radius 2 is 0.974 bits per heavy atom. The summed E-state index contributed by atoms with van der Waals surface area (Å²) in [6.07, 6.45) is 23.1. The van der Waals surface area contributed by atoms with Gasteiger partial charge in [0.2, 0.25) is 35.4 Å². The van der Waals surface area contributed by atoms with Crippen molar-refractivity contribution in [1.82, 2.24) is 26.0 Å². The molecule has 1 aromatic rings. The van der Waals surface area contributed by atoms with Gasteiger partial charge in [-0.15, -0.1) is 4.73 Å². The molecule has 1 aliphatic carbocycles. The lowest BCUT2D eigenvalue weighted by atomic mass is 9.81. The molecule has 0 bridgehead atoms. The highest BCUT2D eigenvalue weighted by atomic mass is 16.7. The number of unbranched alkanes of at least 4 members (excludes halogenated alkanes) is 15. The fourth-order valence-electron chi connectivity index (χ4n) is 8.63. The van der Waals surface area contributed by atoms with Crippen molar-refractivity contribution < 1.29 is 77.0 Å². The van der Waals surface area contributed by atoms with E-state index in [4.69, 9.17) is 33.3 Å². The van der Waals surface area contributed by atoms with Gasteiger partial charge in [0.25, 0.3) is 0 Å². The molecule has 1 saturated carbocycles. The highest BCUT2D eigenvalue weighted by molar-refractivity contribution is 5.86. The van der Waals surface area contributed by atoms with Gasteiger partial charge in [0.15, 0.2) is 0 Å². The van der Waals surface area contributed by atoms with E-state index in [-0.39, 0.29) is 108 Å². The third kappa shape index (κ3) is 37.0. The van der Waals surface area contributed by atoms with Crippen LogP contribution in [0.5, 0.6) is 11.8 Å². The zero-order valence-electron chi connectivity index (χ0n) is 48.2. The first-order valence-electron chi connectivity index (χ1n) is 28.9. The molecule has 0 radical (unpaired) electrons. The van der Waals surface area contributed by atoms with Gasteiger partial charge >= 0.3 is 17.9 Å². The van der Waals surface area contributed by atoms with Crippen LogP contribution in [0.25, 0.3) is 0 Å². The van der Waals surface area contributed by atoms with Crippen molar-refractivity contribution in [3.05, 3.63) is 12.1 Å². The monoisotopic (exact) mass is 1110 g/mol. The highest BCUT2D eigenvalue weighted by Crippen LogP contribution is 2.29. The number of ether oxygens (including phenoxy) is 6. The van der Waals surface area contributed by atoms with Gasteiger partial charge in [-0.25, -0.2) is 9.59 Å². The third-order valence-electron chi connectivity index (χ3n) is 12.8. The fourth-order valence-corrected chi connectivity index (χ4v) is 8.63. The Morgan fingerprint density at radius 3 is 1.49 bits per heavy atom. The van der Waals surface area contributed by atoms with Crippen molar-refractivity contribution in [3.8, 4) is 11.8 Å². The van der Waals surface area contributed by atoms with Crippen LogP contribution in [0.3, 0.4) is 0 Å². The molecular formula is C57H99N5O16. The van der Waals surface area contributed by atoms with E-state index < -0.39 is 47.5 Å². The van der Waals surface area contributed by atoms with Crippen molar-refractivity contribution in [2.24, 2.45) is 11.8 Å². The molecule has 0 aromatic carbocycles. The molecule has 448 valence electrons. The maximum absolute atomic E-state index is 13.4. The predicted octanol–water partition coefficient (Wildman–Crippen LogP) is 7.05. The van der Waals surface area contributed by atoms with Crippen LogP contribution < -0.4 is 26.1 Å². The summed E-state index contributed by atoms with van der Waals surface area (Å²) in [6.45, 7) is 12.3. The van der Waals surface area contributed by atoms with E-state index in [1.165, 1.54) is 70.6 Å². The number of hydrogen-bond acceptors (Lipinski definition) is 16. The smallest absolute Gasteiger partial charge is 0.358 e. The van der Waals surface area contributed by atoms with Crippen molar-refractivity contribution >= 4 is 41.5 Å². The van der Waals surface area contributed by atoms with Gasteiger partial charge < -0.3 is 64.7 Å². The number of carbonyl (C=O) groups is 7. The maximum Gasteiger partial charge on any atom is 0.358 e. The zero-order valence-corrected chi connectivity index (χ0v) is 48.2. The molecule has 1 fully saturated rings. The minimum atomic E-state index is -0.994. The summed E-state index contributed by atoms with van der Waals surface area (Å²) in [5.74, 6) is -3.22. The van der Waals surface area contributed by atoms with E-state index in [1.54, 1.807) is 20.8 Å². The first kappa shape index (κ1) is 69.1. The molecule has 0 spiro atoms. The molecule has 0 unspecified atom stereocenters. The fraction of sp³-hybridized carbons (Fsp3) is 0.807. The normalized spacial score (nSPS) is 15.0. The number of aromatic nitrogens is 1. The second-order valence-electron chi connectivity index (χ2n) is 22.2. The number of esters is 2. The van der Waals surface area contributed by atoms with Gasteiger partial charge in [-0.2, -0.15) is 0 Å². The SMILES string of the molecule is CC(C)(C)OC(=O)CCCCCCCCCCCCCCCCCCC(=O)NCC1CCC(C(=O)N[C@@H](CCC(=O)NCCOCCOCC(=O)NCCOCCOCC(=O)On2c(O)ccc2O)C(=O)OC(C)(C)C)CC1. The molecule has 1 aliphatic rings. The Kier molecular flexibility index (Phi) is 36.4. The summed E-state index contributed by atoms with van der Waals surface area (Å²) in [4.78, 5) is 92.1. The average molecular weight is 1110 g/mol. The summed E-state index contributed by atoms with van der Waals surface area (Å²) in [7, 11) is 0. The Morgan fingerprint density at radius 1 is 0.526 bits per heavy atom. The van der Waals surface area contributed by atoms with E-state index >= 15 is 0 Å². The van der Waals surface area contributed by atoms with Crippen LogP contribution in [-0.4, -0.2) is 146 Å². The van der Waals surface area contributed by atoms with E-state index in [1.807, 2.05) is 20.8 Å². The summed E-state index contributed by atoms with van der Waals surface area (Å²) in [5.41, 5.74) is -1.18. The number of nitrogens with zero attached hydrogens (tertiary/aromatic N) is 1. The third-order valence-corrected chi connectivity index (χ3v) is 12.8. The molecule has 21 heteroatoms. The summed E-state index contributed by atoms with van der Waals surface area (Å²) in [5, 5.41) is 30.3. The molecule has 4 amide bonds. The molecule has 1 aromatic heterocycles. The lowest BCUT2D eigenvalue weighted by molar-refractivity contribution is -0.159. The van der Waals surface area contributed by atoms with E-state index in [0.717, 1.165) is 57.1 Å². The van der Waals surface area contributed by atoms with E-state index in [0.29, 0.717) is 42.9 Å². The Balaban J connectivity index is 1.45. The van der Waals surface area contributed by atoms with E-state index in [9.17, 15) is 43.8 Å². The van der Waals surface area contributed by atoms with Crippen LogP contribution in [-0.2, 0) is 62.0 Å². The quantitative estimate of drug-likeness (QED) is 0.0282. The summed E-state index contributed by atoms with van der Waals surface area (Å²) >= 11 is 0. The Hall–Kier alpha value is -4.99. The topological polar surface area (TPSA) is 278 Å². The molecule has 1 heterocycles. The maximum atomic E-state index is 13.4. The van der Waals surface area contributed by atoms with Gasteiger partial charge in [-0.3, -0.25) is 24.0 Å². The minimum Gasteiger partial charge on any atom is -0.492 e. The Bertz CT molecular complexity index is 1840. The number of carbonyl (C=O) groups excluding carboxylic acids is 7. The molecule has 1 atom stereocenters. The van der Waals surface area contributed by atoms with Crippen LogP contribution in [0.2, 0.25) is 0 Å². The van der Waals surface area contributed by atoms with Gasteiger partial charge in [0.1, 0.15) is 30.5 Å². The van der Waals surface area contributed by atoms with Crippen molar-refractivity contribution in [3.63, 3.8) is 0 Å². The number of hydrogen-bond donors (Lipinski definition) is 6. The van der Waals surface area contributed by atoms with E-state index in [2.05, 4.69) is 21.3 Å². The molecule has 6 N–H and O–H groups in total. The van der Waals surface area contributed by atoms with Crippen LogP contribution in [0.15, 0.2) is 12.1 Å². The van der Waals surface area contributed by atoms with Gasteiger partial charge in [0.05, 0.1) is 39.6 Å². The van der Waals surface area contributed by atoms with Crippen molar-refractivity contribution in [2.45, 2.75) is 213 Å². The second kappa shape index (κ2) is 41.1. The zero-order chi connectivity index (χ0) is 57.4. The predicted molar refractivity (Wildman–Crippen MR) is 293 cm³/mol. The van der Waals surface area contributed by atoms with Crippen molar-refractivity contribution in [2.75, 3.05) is 72.5 Å². The van der Waals surface area contributed by atoms with Gasteiger partial charge in [0, 0.05) is 56.9 Å². The number of aromatic hydroxyl groups is 2. The molecule has 0 aliphatic heterocycles. The molecule has 2 rings (SSSR count). The lowest BCUT2D eigenvalue weighted by Crippen LogP contribution is -2.47. The van der Waals surface area contributed by atoms with Gasteiger partial charge in [-0.1, -0.05) is 89.9 Å². The summed E-state index contributed by atoms with van der Waals surface area (Å²) < 4.78 is 32.8. The number of amides is 4. The first-order valence-corrected chi connectivity index (χ1v) is 28.9. The number of nitrogens with one attached hydrogen (secondary N) is 4. The van der Waals surface area contributed by atoms with Crippen molar-refractivity contribution in [1.29, 1.82) is 0 Å². The van der Waals surface area contributed by atoms with Crippen LogP contribution in [0.1, 0.15) is 196 Å². The molecule has 0 saturated heterocycles. The molecular weight excluding hydrogens is 1010 g/mol.